The van der Waals surface area contributed by atoms with E-state index in [1.54, 1.807) is 0 Å². The van der Waals surface area contributed by atoms with Gasteiger partial charge in [0.25, 0.3) is 0 Å². The predicted octanol–water partition coefficient (Wildman–Crippen LogP) is 4.03. The zero-order valence-electron chi connectivity index (χ0n) is 15.2. The van der Waals surface area contributed by atoms with E-state index in [9.17, 15) is 13.6 Å². The minimum atomic E-state index is -0.915. The molecule has 1 aliphatic rings. The maximum Gasteiger partial charge on any atom is 0.226 e. The molecule has 6 heteroatoms. The monoisotopic (exact) mass is 369 g/mol. The minimum absolute atomic E-state index is 0.0502. The number of nitrogens with zero attached hydrogens (tertiary/aromatic N) is 3. The summed E-state index contributed by atoms with van der Waals surface area (Å²) in [6, 6.07) is 10.2. The van der Waals surface area contributed by atoms with Crippen LogP contribution in [0.4, 0.5) is 8.78 Å². The molecule has 0 saturated carbocycles. The molecule has 1 amide bonds. The molecular formula is C21H21F2N3O. The fourth-order valence-electron chi connectivity index (χ4n) is 3.76. The number of fused-ring (bicyclic) bond motifs is 1. The number of aryl methyl sites for hydroxylation is 1. The summed E-state index contributed by atoms with van der Waals surface area (Å²) in [5.41, 5.74) is 3.81. The van der Waals surface area contributed by atoms with Gasteiger partial charge in [-0.25, -0.2) is 13.8 Å². The summed E-state index contributed by atoms with van der Waals surface area (Å²) >= 11 is 0. The molecule has 2 aromatic carbocycles. The van der Waals surface area contributed by atoms with Crippen molar-refractivity contribution in [3.05, 3.63) is 65.5 Å². The van der Waals surface area contributed by atoms with Crippen molar-refractivity contribution in [1.29, 1.82) is 0 Å². The van der Waals surface area contributed by atoms with E-state index < -0.39 is 11.6 Å². The van der Waals surface area contributed by atoms with Gasteiger partial charge in [0.2, 0.25) is 5.91 Å². The topological polar surface area (TPSA) is 38.1 Å². The quantitative estimate of drug-likeness (QED) is 0.699. The van der Waals surface area contributed by atoms with Gasteiger partial charge in [0, 0.05) is 19.1 Å². The molecule has 2 heterocycles. The second-order valence-corrected chi connectivity index (χ2v) is 7.18. The molecule has 1 aliphatic heterocycles. The highest BCUT2D eigenvalue weighted by molar-refractivity contribution is 5.79. The maximum atomic E-state index is 13.3. The Balaban J connectivity index is 1.41. The lowest BCUT2D eigenvalue weighted by atomic mass is 10.0. The predicted molar refractivity (Wildman–Crippen MR) is 99.4 cm³/mol. The smallest absolute Gasteiger partial charge is 0.226 e. The lowest BCUT2D eigenvalue weighted by Crippen LogP contribution is -2.39. The molecule has 0 aliphatic carbocycles. The van der Waals surface area contributed by atoms with E-state index in [0.717, 1.165) is 36.0 Å². The Hall–Kier alpha value is -2.76. The molecule has 1 saturated heterocycles. The minimum Gasteiger partial charge on any atom is -0.342 e. The third-order valence-electron chi connectivity index (χ3n) is 5.28. The fourth-order valence-corrected chi connectivity index (χ4v) is 3.76. The summed E-state index contributed by atoms with van der Waals surface area (Å²) in [4.78, 5) is 18.8. The Bertz CT molecular complexity index is 990. The Morgan fingerprint density at radius 3 is 2.63 bits per heavy atom. The van der Waals surface area contributed by atoms with Crippen molar-refractivity contribution < 1.29 is 13.6 Å². The molecule has 4 rings (SSSR count). The summed E-state index contributed by atoms with van der Waals surface area (Å²) in [5.74, 6) is -1.86. The van der Waals surface area contributed by atoms with Gasteiger partial charge in [-0.2, -0.15) is 0 Å². The number of carbonyl (C=O) groups excluding carboxylic acids is 1. The van der Waals surface area contributed by atoms with Crippen LogP contribution in [0.15, 0.2) is 42.7 Å². The van der Waals surface area contributed by atoms with Crippen molar-refractivity contribution in [3.8, 4) is 0 Å². The molecule has 0 bridgehead atoms. The highest BCUT2D eigenvalue weighted by atomic mass is 19.2. The van der Waals surface area contributed by atoms with Gasteiger partial charge in [0.05, 0.1) is 23.8 Å². The molecule has 3 aromatic rings. The van der Waals surface area contributed by atoms with Crippen LogP contribution in [0, 0.1) is 18.6 Å². The van der Waals surface area contributed by atoms with Crippen LogP contribution in [0.25, 0.3) is 11.0 Å². The Morgan fingerprint density at radius 2 is 1.89 bits per heavy atom. The van der Waals surface area contributed by atoms with E-state index >= 15 is 0 Å². The molecule has 1 aromatic heterocycles. The van der Waals surface area contributed by atoms with E-state index in [4.69, 9.17) is 0 Å². The zero-order valence-corrected chi connectivity index (χ0v) is 15.2. The van der Waals surface area contributed by atoms with Crippen molar-refractivity contribution >= 4 is 16.9 Å². The van der Waals surface area contributed by atoms with Gasteiger partial charge in [-0.1, -0.05) is 12.1 Å². The number of halogens is 2. The van der Waals surface area contributed by atoms with E-state index in [1.807, 2.05) is 17.3 Å². The molecular weight excluding hydrogens is 348 g/mol. The fraction of sp³-hybridized carbons (Fsp3) is 0.333. The van der Waals surface area contributed by atoms with Crippen LogP contribution < -0.4 is 0 Å². The van der Waals surface area contributed by atoms with E-state index in [1.165, 1.54) is 11.6 Å². The average molecular weight is 369 g/mol. The normalized spacial score (nSPS) is 15.4. The molecule has 0 radical (unpaired) electrons. The van der Waals surface area contributed by atoms with Crippen molar-refractivity contribution in [3.63, 3.8) is 0 Å². The lowest BCUT2D eigenvalue weighted by Gasteiger charge is -2.33. The summed E-state index contributed by atoms with van der Waals surface area (Å²) in [6.45, 7) is 3.37. The highest BCUT2D eigenvalue weighted by Crippen LogP contribution is 2.27. The Kier molecular flexibility index (Phi) is 4.64. The van der Waals surface area contributed by atoms with Gasteiger partial charge in [-0.15, -0.1) is 0 Å². The van der Waals surface area contributed by atoms with Crippen LogP contribution in [0.2, 0.25) is 0 Å². The van der Waals surface area contributed by atoms with E-state index in [-0.39, 0.29) is 12.3 Å². The first kappa shape index (κ1) is 17.6. The average Bonchev–Trinajstić information content (AvgIpc) is 3.08. The number of piperidine rings is 1. The zero-order chi connectivity index (χ0) is 19.0. The van der Waals surface area contributed by atoms with Crippen LogP contribution >= 0.6 is 0 Å². The van der Waals surface area contributed by atoms with Crippen molar-refractivity contribution in [1.82, 2.24) is 14.5 Å². The maximum absolute atomic E-state index is 13.3. The van der Waals surface area contributed by atoms with Gasteiger partial charge < -0.3 is 9.47 Å². The standard InChI is InChI=1S/C21H21F2N3O/c1-14-2-5-19-20(10-14)26(13-24-19)16-6-8-25(9-7-16)21(27)12-15-3-4-17(22)18(23)11-15/h2-5,10-11,13,16H,6-9,12H2,1H3. The van der Waals surface area contributed by atoms with Gasteiger partial charge in [0.15, 0.2) is 11.6 Å². The highest BCUT2D eigenvalue weighted by Gasteiger charge is 2.25. The number of benzene rings is 2. The number of amides is 1. The molecule has 0 spiro atoms. The second-order valence-electron chi connectivity index (χ2n) is 7.18. The molecule has 0 unspecified atom stereocenters. The summed E-state index contributed by atoms with van der Waals surface area (Å²) < 4.78 is 28.6. The van der Waals surface area contributed by atoms with Gasteiger partial charge >= 0.3 is 0 Å². The van der Waals surface area contributed by atoms with Crippen LogP contribution in [0.1, 0.15) is 30.0 Å². The second kappa shape index (κ2) is 7.10. The molecule has 4 nitrogen and oxygen atoms in total. The summed E-state index contributed by atoms with van der Waals surface area (Å²) in [5, 5.41) is 0. The van der Waals surface area contributed by atoms with Crippen molar-refractivity contribution in [2.45, 2.75) is 32.2 Å². The van der Waals surface area contributed by atoms with Crippen LogP contribution in [-0.2, 0) is 11.2 Å². The van der Waals surface area contributed by atoms with Crippen LogP contribution in [0.5, 0.6) is 0 Å². The molecule has 0 atom stereocenters. The number of hydrogen-bond donors (Lipinski definition) is 0. The Morgan fingerprint density at radius 1 is 1.11 bits per heavy atom. The summed E-state index contributed by atoms with van der Waals surface area (Å²) in [6.07, 6.45) is 3.68. The Labute approximate surface area is 156 Å². The lowest BCUT2D eigenvalue weighted by molar-refractivity contribution is -0.131. The number of rotatable bonds is 3. The van der Waals surface area contributed by atoms with Gasteiger partial charge in [0.1, 0.15) is 0 Å². The first-order valence-corrected chi connectivity index (χ1v) is 9.16. The molecule has 0 N–H and O–H groups in total. The van der Waals surface area contributed by atoms with Crippen LogP contribution in [0.3, 0.4) is 0 Å². The molecule has 140 valence electrons. The molecule has 27 heavy (non-hydrogen) atoms. The van der Waals surface area contributed by atoms with E-state index in [0.29, 0.717) is 24.7 Å². The van der Waals surface area contributed by atoms with Gasteiger partial charge in [-0.3, -0.25) is 4.79 Å². The first-order chi connectivity index (χ1) is 13.0. The number of aromatic nitrogens is 2. The number of hydrogen-bond acceptors (Lipinski definition) is 2. The largest absolute Gasteiger partial charge is 0.342 e. The van der Waals surface area contributed by atoms with Crippen molar-refractivity contribution in [2.24, 2.45) is 0 Å². The van der Waals surface area contributed by atoms with Crippen LogP contribution in [-0.4, -0.2) is 33.4 Å². The first-order valence-electron chi connectivity index (χ1n) is 9.16. The van der Waals surface area contributed by atoms with Crippen molar-refractivity contribution in [2.75, 3.05) is 13.1 Å². The van der Waals surface area contributed by atoms with E-state index in [2.05, 4.69) is 28.6 Å². The number of likely N-dealkylation sites (tertiary alicyclic amines) is 1. The number of carbonyl (C=O) groups is 1. The molecule has 1 fully saturated rings. The SMILES string of the molecule is Cc1ccc2ncn(C3CCN(C(=O)Cc4ccc(F)c(F)c4)CC3)c2c1. The third kappa shape index (κ3) is 3.56. The third-order valence-corrected chi connectivity index (χ3v) is 5.28. The summed E-state index contributed by atoms with van der Waals surface area (Å²) in [7, 11) is 0. The van der Waals surface area contributed by atoms with Gasteiger partial charge in [-0.05, 0) is 55.2 Å². The number of imidazole rings is 1.